The number of nitrogens with zero attached hydrogens (tertiary/aromatic N) is 3. The largest absolute Gasteiger partial charge is 0.508 e. The molecule has 256 valence electrons. The fraction of sp³-hybridized carbons (Fsp3) is 0.439. The molecule has 3 aliphatic carbocycles. The summed E-state index contributed by atoms with van der Waals surface area (Å²) in [6, 6.07) is 21.6. The van der Waals surface area contributed by atoms with E-state index in [1.807, 2.05) is 6.20 Å². The zero-order chi connectivity index (χ0) is 33.9. The maximum atomic E-state index is 14.5. The van der Waals surface area contributed by atoms with Gasteiger partial charge in [-0.1, -0.05) is 24.3 Å². The number of aromatic nitrogens is 2. The van der Waals surface area contributed by atoms with E-state index in [0.717, 1.165) is 48.2 Å². The Morgan fingerprint density at radius 2 is 1.63 bits per heavy atom. The number of phenolic OH excluding ortho intramolecular Hbond substituents is 1. The molecule has 8 nitrogen and oxygen atoms in total. The minimum atomic E-state index is -0.390. The summed E-state index contributed by atoms with van der Waals surface area (Å²) in [5, 5.41) is 14.2. The van der Waals surface area contributed by atoms with Crippen molar-refractivity contribution >= 4 is 17.6 Å². The monoisotopic (exact) mass is 661 g/mol. The molecule has 3 saturated carbocycles. The van der Waals surface area contributed by atoms with Crippen LogP contribution in [0.15, 0.2) is 79.1 Å². The van der Waals surface area contributed by atoms with E-state index in [9.17, 15) is 14.7 Å². The molecule has 1 amide bonds. The smallest absolute Gasteiger partial charge is 0.338 e. The van der Waals surface area contributed by atoms with Gasteiger partial charge in [0.05, 0.1) is 24.9 Å². The fourth-order valence-electron chi connectivity index (χ4n) is 7.76. The third-order valence-electron chi connectivity index (χ3n) is 10.9. The van der Waals surface area contributed by atoms with Crippen molar-refractivity contribution in [3.05, 3.63) is 95.8 Å². The van der Waals surface area contributed by atoms with Crippen molar-refractivity contribution < 1.29 is 24.2 Å². The number of carbonyl (C=O) groups is 2. The van der Waals surface area contributed by atoms with Crippen molar-refractivity contribution in [2.24, 2.45) is 11.8 Å². The van der Waals surface area contributed by atoms with E-state index in [-0.39, 0.29) is 23.7 Å². The molecule has 3 aromatic carbocycles. The second-order valence-electron chi connectivity index (χ2n) is 14.3. The molecular weight excluding hydrogens is 614 g/mol. The molecule has 7 rings (SSSR count). The number of hydrogen-bond donors (Lipinski definition) is 1. The zero-order valence-electron chi connectivity index (χ0n) is 28.6. The minimum absolute atomic E-state index is 0.111. The minimum Gasteiger partial charge on any atom is -0.508 e. The maximum Gasteiger partial charge on any atom is 0.338 e. The summed E-state index contributed by atoms with van der Waals surface area (Å²) in [7, 11) is 1.72. The molecule has 0 atom stereocenters. The molecule has 0 spiro atoms. The standard InChI is InChI=1S/C41H47N3O5/c1-27-22-33(14-21-39(27)48-2)29-8-6-28(7-9-29)25-43(36-5-3-4-32(23-36)34-24-42-44(26-34)35-15-16-35)40(46)30-12-19-38(20-13-30)49-41(47)31-10-17-37(45)18-11-31/h3-5,10-11,14,17-18,21-24,26,28-30,35,38,45H,6-9,12-13,15-16,19-20,25H2,1-2H3. The highest BCUT2D eigenvalue weighted by Gasteiger charge is 2.34. The molecule has 0 unspecified atom stereocenters. The number of amides is 1. The van der Waals surface area contributed by atoms with E-state index >= 15 is 0 Å². The first-order valence-electron chi connectivity index (χ1n) is 17.9. The fourth-order valence-corrected chi connectivity index (χ4v) is 7.76. The first kappa shape index (κ1) is 32.9. The lowest BCUT2D eigenvalue weighted by atomic mass is 9.78. The Bertz CT molecular complexity index is 1760. The van der Waals surface area contributed by atoms with E-state index in [1.54, 1.807) is 19.2 Å². The van der Waals surface area contributed by atoms with Crippen molar-refractivity contribution in [3.8, 4) is 22.6 Å². The summed E-state index contributed by atoms with van der Waals surface area (Å²) >= 11 is 0. The number of esters is 1. The van der Waals surface area contributed by atoms with E-state index in [0.29, 0.717) is 55.7 Å². The van der Waals surface area contributed by atoms with Gasteiger partial charge in [0.1, 0.15) is 17.6 Å². The average Bonchev–Trinajstić information content (AvgIpc) is 3.86. The van der Waals surface area contributed by atoms with Crippen LogP contribution in [0.5, 0.6) is 11.5 Å². The molecule has 0 bridgehead atoms. The highest BCUT2D eigenvalue weighted by molar-refractivity contribution is 5.96. The van der Waals surface area contributed by atoms with Crippen LogP contribution in [0.3, 0.4) is 0 Å². The Labute approximate surface area is 289 Å². The summed E-state index contributed by atoms with van der Waals surface area (Å²) in [6.45, 7) is 2.81. The van der Waals surface area contributed by atoms with Crippen LogP contribution in [0, 0.1) is 18.8 Å². The SMILES string of the molecule is COc1ccc(C2CCC(CN(C(=O)C3CCC(OC(=O)c4ccc(O)cc4)CC3)c3cccc(-c4cnn(C5CC5)c4)c3)CC2)cc1C. The topological polar surface area (TPSA) is 93.9 Å². The number of aromatic hydroxyl groups is 1. The molecule has 1 N–H and O–H groups in total. The van der Waals surface area contributed by atoms with E-state index in [4.69, 9.17) is 9.47 Å². The van der Waals surface area contributed by atoms with Gasteiger partial charge in [-0.05, 0) is 142 Å². The Hall–Kier alpha value is -4.59. The average molecular weight is 662 g/mol. The van der Waals surface area contributed by atoms with Gasteiger partial charge in [-0.2, -0.15) is 5.10 Å². The number of phenols is 1. The van der Waals surface area contributed by atoms with Gasteiger partial charge in [0.25, 0.3) is 0 Å². The van der Waals surface area contributed by atoms with E-state index in [1.165, 1.54) is 36.1 Å². The summed E-state index contributed by atoms with van der Waals surface area (Å²) in [5.41, 5.74) is 6.06. The van der Waals surface area contributed by atoms with Crippen LogP contribution in [0.2, 0.25) is 0 Å². The summed E-state index contributed by atoms with van der Waals surface area (Å²) in [6.07, 6.45) is 13.2. The van der Waals surface area contributed by atoms with Gasteiger partial charge in [-0.15, -0.1) is 0 Å². The molecule has 0 saturated heterocycles. The van der Waals surface area contributed by atoms with E-state index in [2.05, 4.69) is 70.3 Å². The lowest BCUT2D eigenvalue weighted by molar-refractivity contribution is -0.124. The second-order valence-corrected chi connectivity index (χ2v) is 14.3. The van der Waals surface area contributed by atoms with Gasteiger partial charge in [0.15, 0.2) is 0 Å². The van der Waals surface area contributed by atoms with Gasteiger partial charge in [-0.3, -0.25) is 9.48 Å². The molecule has 1 heterocycles. The Kier molecular flexibility index (Phi) is 9.74. The predicted molar refractivity (Wildman–Crippen MR) is 190 cm³/mol. The number of anilines is 1. The molecule has 0 radical (unpaired) electrons. The first-order valence-corrected chi connectivity index (χ1v) is 17.9. The van der Waals surface area contributed by atoms with E-state index < -0.39 is 5.97 Å². The first-order chi connectivity index (χ1) is 23.8. The molecule has 1 aromatic heterocycles. The van der Waals surface area contributed by atoms with Crippen molar-refractivity contribution in [1.82, 2.24) is 9.78 Å². The Morgan fingerprint density at radius 3 is 2.33 bits per heavy atom. The number of aryl methyl sites for hydroxylation is 1. The van der Waals surface area contributed by atoms with Crippen LogP contribution in [0.1, 0.15) is 97.7 Å². The number of benzene rings is 3. The summed E-state index contributed by atoms with van der Waals surface area (Å²) in [5.74, 6) is 1.64. The Balaban J connectivity index is 1.04. The third kappa shape index (κ3) is 7.69. The van der Waals surface area contributed by atoms with Crippen LogP contribution >= 0.6 is 0 Å². The summed E-state index contributed by atoms with van der Waals surface area (Å²) < 4.78 is 13.4. The normalized spacial score (nSPS) is 22.3. The number of ether oxygens (including phenoxy) is 2. The number of hydrogen-bond acceptors (Lipinski definition) is 6. The highest BCUT2D eigenvalue weighted by Crippen LogP contribution is 2.40. The molecule has 0 aliphatic heterocycles. The van der Waals surface area contributed by atoms with Crippen molar-refractivity contribution in [2.45, 2.75) is 89.2 Å². The van der Waals surface area contributed by atoms with Gasteiger partial charge >= 0.3 is 5.97 Å². The van der Waals surface area contributed by atoms with Gasteiger partial charge in [0.2, 0.25) is 5.91 Å². The maximum absolute atomic E-state index is 14.5. The zero-order valence-corrected chi connectivity index (χ0v) is 28.6. The third-order valence-corrected chi connectivity index (χ3v) is 10.9. The molecule has 49 heavy (non-hydrogen) atoms. The van der Waals surface area contributed by atoms with Crippen LogP contribution in [-0.4, -0.2) is 46.5 Å². The predicted octanol–water partition coefficient (Wildman–Crippen LogP) is 8.63. The van der Waals surface area contributed by atoms with Crippen molar-refractivity contribution in [1.29, 1.82) is 0 Å². The van der Waals surface area contributed by atoms with Crippen LogP contribution in [-0.2, 0) is 9.53 Å². The number of methoxy groups -OCH3 is 1. The molecular formula is C41H47N3O5. The molecule has 8 heteroatoms. The number of carbonyl (C=O) groups excluding carboxylic acids is 2. The van der Waals surface area contributed by atoms with Crippen LogP contribution < -0.4 is 9.64 Å². The Morgan fingerprint density at radius 1 is 0.878 bits per heavy atom. The molecule has 4 aromatic rings. The summed E-state index contributed by atoms with van der Waals surface area (Å²) in [4.78, 5) is 29.2. The second kappa shape index (κ2) is 14.5. The van der Waals surface area contributed by atoms with Crippen LogP contribution in [0.25, 0.3) is 11.1 Å². The lowest BCUT2D eigenvalue weighted by Crippen LogP contribution is -2.42. The highest BCUT2D eigenvalue weighted by atomic mass is 16.5. The number of rotatable bonds is 10. The quantitative estimate of drug-likeness (QED) is 0.171. The molecule has 3 aliphatic rings. The van der Waals surface area contributed by atoms with Crippen LogP contribution in [0.4, 0.5) is 5.69 Å². The lowest BCUT2D eigenvalue weighted by Gasteiger charge is -2.36. The van der Waals surface area contributed by atoms with Crippen molar-refractivity contribution in [3.63, 3.8) is 0 Å². The van der Waals surface area contributed by atoms with Gasteiger partial charge in [-0.25, -0.2) is 4.79 Å². The van der Waals surface area contributed by atoms with Crippen molar-refractivity contribution in [2.75, 3.05) is 18.6 Å². The molecule has 3 fully saturated rings. The van der Waals surface area contributed by atoms with Gasteiger partial charge < -0.3 is 19.5 Å². The van der Waals surface area contributed by atoms with Gasteiger partial charge in [0, 0.05) is 29.9 Å².